The Morgan fingerprint density at radius 3 is 2.84 bits per heavy atom. The molecular formula is C14H19ClN4. The van der Waals surface area contributed by atoms with Crippen molar-refractivity contribution in [3.63, 3.8) is 0 Å². The van der Waals surface area contributed by atoms with Crippen molar-refractivity contribution in [2.75, 3.05) is 19.0 Å². The average molecular weight is 279 g/mol. The lowest BCUT2D eigenvalue weighted by atomic mass is 10.1. The second kappa shape index (κ2) is 6.08. The van der Waals surface area contributed by atoms with Crippen LogP contribution in [0.2, 0.25) is 5.02 Å². The van der Waals surface area contributed by atoms with Crippen molar-refractivity contribution in [3.8, 4) is 0 Å². The van der Waals surface area contributed by atoms with Crippen LogP contribution in [0.3, 0.4) is 0 Å². The summed E-state index contributed by atoms with van der Waals surface area (Å²) in [6, 6.07) is 5.99. The van der Waals surface area contributed by atoms with Gasteiger partial charge in [-0.3, -0.25) is 0 Å². The molecule has 0 amide bonds. The monoisotopic (exact) mass is 278 g/mol. The third-order valence-corrected chi connectivity index (χ3v) is 3.42. The maximum atomic E-state index is 6.34. The summed E-state index contributed by atoms with van der Waals surface area (Å²) in [4.78, 5) is 6.49. The topological polar surface area (TPSA) is 33.1 Å². The summed E-state index contributed by atoms with van der Waals surface area (Å²) in [6.45, 7) is 1.52. The van der Waals surface area contributed by atoms with Crippen LogP contribution < -0.4 is 10.2 Å². The molecule has 0 spiro atoms. The lowest BCUT2D eigenvalue weighted by molar-refractivity contribution is 0.752. The highest BCUT2D eigenvalue weighted by atomic mass is 35.5. The highest BCUT2D eigenvalue weighted by molar-refractivity contribution is 6.33. The van der Waals surface area contributed by atoms with E-state index in [1.807, 2.05) is 50.2 Å². The summed E-state index contributed by atoms with van der Waals surface area (Å²) in [5.41, 5.74) is 2.24. The zero-order valence-electron chi connectivity index (χ0n) is 11.5. The van der Waals surface area contributed by atoms with Crippen molar-refractivity contribution in [1.29, 1.82) is 0 Å². The van der Waals surface area contributed by atoms with Gasteiger partial charge >= 0.3 is 0 Å². The van der Waals surface area contributed by atoms with Gasteiger partial charge in [0, 0.05) is 33.0 Å². The standard InChI is InChI=1S/C14H19ClN4/c1-16-9-11-5-4-6-12(15)14(11)19(3)10-13-17-7-8-18(13)2/h4-8,16H,9-10H2,1-3H3. The lowest BCUT2D eigenvalue weighted by Crippen LogP contribution is -2.22. The van der Waals surface area contributed by atoms with Gasteiger partial charge in [0.25, 0.3) is 0 Å². The number of anilines is 1. The van der Waals surface area contributed by atoms with Crippen LogP contribution >= 0.6 is 11.6 Å². The second-order valence-corrected chi connectivity index (χ2v) is 5.00. The molecule has 0 saturated carbocycles. The normalized spacial score (nSPS) is 10.7. The van der Waals surface area contributed by atoms with Crippen LogP contribution in [0.4, 0.5) is 5.69 Å². The van der Waals surface area contributed by atoms with Gasteiger partial charge in [0.1, 0.15) is 5.82 Å². The van der Waals surface area contributed by atoms with E-state index in [1.165, 1.54) is 5.56 Å². The minimum absolute atomic E-state index is 0.726. The highest BCUT2D eigenvalue weighted by Gasteiger charge is 2.13. The van der Waals surface area contributed by atoms with Crippen molar-refractivity contribution in [2.45, 2.75) is 13.1 Å². The van der Waals surface area contributed by atoms with E-state index in [9.17, 15) is 0 Å². The third kappa shape index (κ3) is 3.08. The molecule has 102 valence electrons. The highest BCUT2D eigenvalue weighted by Crippen LogP contribution is 2.29. The van der Waals surface area contributed by atoms with Crippen molar-refractivity contribution in [1.82, 2.24) is 14.9 Å². The summed E-state index contributed by atoms with van der Waals surface area (Å²) in [6.07, 6.45) is 3.76. The molecule has 0 bridgehead atoms. The van der Waals surface area contributed by atoms with E-state index in [4.69, 9.17) is 11.6 Å². The zero-order valence-corrected chi connectivity index (χ0v) is 12.3. The molecule has 0 aliphatic heterocycles. The van der Waals surface area contributed by atoms with Crippen LogP contribution in [0.1, 0.15) is 11.4 Å². The molecule has 2 rings (SSSR count). The smallest absolute Gasteiger partial charge is 0.127 e. The van der Waals surface area contributed by atoms with Gasteiger partial charge in [-0.1, -0.05) is 23.7 Å². The number of nitrogens with zero attached hydrogens (tertiary/aromatic N) is 3. The third-order valence-electron chi connectivity index (χ3n) is 3.12. The number of hydrogen-bond acceptors (Lipinski definition) is 3. The molecule has 0 radical (unpaired) electrons. The number of imidazole rings is 1. The predicted octanol–water partition coefficient (Wildman–Crippen LogP) is 2.43. The molecule has 0 atom stereocenters. The van der Waals surface area contributed by atoms with Crippen LogP contribution in [0, 0.1) is 0 Å². The van der Waals surface area contributed by atoms with E-state index in [0.29, 0.717) is 0 Å². The maximum Gasteiger partial charge on any atom is 0.127 e. The molecule has 0 unspecified atom stereocenters. The average Bonchev–Trinajstić information content (AvgIpc) is 2.75. The minimum Gasteiger partial charge on any atom is -0.366 e. The molecule has 2 aromatic rings. The Labute approximate surface area is 119 Å². The molecule has 1 aromatic carbocycles. The first kappa shape index (κ1) is 13.9. The van der Waals surface area contributed by atoms with Gasteiger partial charge in [0.2, 0.25) is 0 Å². The Morgan fingerprint density at radius 1 is 1.42 bits per heavy atom. The van der Waals surface area contributed by atoms with Crippen LogP contribution in [0.15, 0.2) is 30.6 Å². The molecule has 4 nitrogen and oxygen atoms in total. The van der Waals surface area contributed by atoms with Crippen molar-refractivity contribution >= 4 is 17.3 Å². The second-order valence-electron chi connectivity index (χ2n) is 4.59. The fourth-order valence-corrected chi connectivity index (χ4v) is 2.50. The Bertz CT molecular complexity index is 550. The van der Waals surface area contributed by atoms with Crippen LogP contribution in [0.5, 0.6) is 0 Å². The van der Waals surface area contributed by atoms with E-state index >= 15 is 0 Å². The number of aryl methyl sites for hydroxylation is 1. The van der Waals surface area contributed by atoms with E-state index in [0.717, 1.165) is 29.6 Å². The Kier molecular flexibility index (Phi) is 4.45. The van der Waals surface area contributed by atoms with Gasteiger partial charge in [-0.05, 0) is 18.7 Å². The van der Waals surface area contributed by atoms with Crippen LogP contribution in [-0.4, -0.2) is 23.6 Å². The molecule has 19 heavy (non-hydrogen) atoms. The molecule has 1 heterocycles. The SMILES string of the molecule is CNCc1cccc(Cl)c1N(C)Cc1nccn1C. The Balaban J connectivity index is 2.27. The summed E-state index contributed by atoms with van der Waals surface area (Å²) < 4.78 is 2.02. The molecule has 0 saturated heterocycles. The first-order chi connectivity index (χ1) is 9.13. The molecule has 0 aliphatic carbocycles. The summed E-state index contributed by atoms with van der Waals surface area (Å²) >= 11 is 6.34. The predicted molar refractivity (Wildman–Crippen MR) is 79.5 cm³/mol. The van der Waals surface area contributed by atoms with Gasteiger partial charge in [-0.2, -0.15) is 0 Å². The first-order valence-electron chi connectivity index (χ1n) is 6.22. The molecule has 1 N–H and O–H groups in total. The molecule has 5 heteroatoms. The number of benzene rings is 1. The van der Waals surface area contributed by atoms with Gasteiger partial charge in [0.05, 0.1) is 17.3 Å². The number of nitrogens with one attached hydrogen (secondary N) is 1. The molecule has 1 aromatic heterocycles. The van der Waals surface area contributed by atoms with E-state index in [1.54, 1.807) is 0 Å². The van der Waals surface area contributed by atoms with Crippen LogP contribution in [0.25, 0.3) is 0 Å². The van der Waals surface area contributed by atoms with Gasteiger partial charge in [-0.15, -0.1) is 0 Å². The number of aromatic nitrogens is 2. The zero-order chi connectivity index (χ0) is 13.8. The largest absolute Gasteiger partial charge is 0.366 e. The van der Waals surface area contributed by atoms with E-state index in [2.05, 4.69) is 21.3 Å². The number of para-hydroxylation sites is 1. The summed E-state index contributed by atoms with van der Waals surface area (Å²) in [5, 5.41) is 3.94. The molecule has 0 fully saturated rings. The van der Waals surface area contributed by atoms with Crippen molar-refractivity contribution in [2.24, 2.45) is 7.05 Å². The first-order valence-corrected chi connectivity index (χ1v) is 6.60. The Hall–Kier alpha value is -1.52. The Morgan fingerprint density at radius 2 is 2.21 bits per heavy atom. The van der Waals surface area contributed by atoms with Crippen molar-refractivity contribution in [3.05, 3.63) is 47.0 Å². The fraction of sp³-hybridized carbons (Fsp3) is 0.357. The van der Waals surface area contributed by atoms with Gasteiger partial charge in [0.15, 0.2) is 0 Å². The van der Waals surface area contributed by atoms with Crippen LogP contribution in [-0.2, 0) is 20.1 Å². The van der Waals surface area contributed by atoms with Crippen molar-refractivity contribution < 1.29 is 0 Å². The molecule has 0 aliphatic rings. The fourth-order valence-electron chi connectivity index (χ4n) is 2.16. The number of hydrogen-bond donors (Lipinski definition) is 1. The van der Waals surface area contributed by atoms with Gasteiger partial charge in [-0.25, -0.2) is 4.98 Å². The quantitative estimate of drug-likeness (QED) is 0.912. The summed E-state index contributed by atoms with van der Waals surface area (Å²) in [7, 11) is 5.97. The minimum atomic E-state index is 0.726. The number of halogens is 1. The van der Waals surface area contributed by atoms with E-state index < -0.39 is 0 Å². The number of rotatable bonds is 5. The lowest BCUT2D eigenvalue weighted by Gasteiger charge is -2.23. The van der Waals surface area contributed by atoms with E-state index in [-0.39, 0.29) is 0 Å². The van der Waals surface area contributed by atoms with Gasteiger partial charge < -0.3 is 14.8 Å². The summed E-state index contributed by atoms with van der Waals surface area (Å²) in [5.74, 6) is 1.01. The maximum absolute atomic E-state index is 6.34. The molecular weight excluding hydrogens is 260 g/mol.